The number of nitrogens with zero attached hydrogens (tertiary/aromatic N) is 2. The molecule has 1 heterocycles. The van der Waals surface area contributed by atoms with Crippen LogP contribution in [0.4, 0.5) is 0 Å². The molecule has 0 spiro atoms. The Morgan fingerprint density at radius 1 is 1.38 bits per heavy atom. The maximum absolute atomic E-state index is 6.06. The molecule has 0 radical (unpaired) electrons. The van der Waals surface area contributed by atoms with E-state index in [1.807, 2.05) is 0 Å². The van der Waals surface area contributed by atoms with E-state index in [0.29, 0.717) is 17.6 Å². The molecule has 2 unspecified atom stereocenters. The van der Waals surface area contributed by atoms with Crippen molar-refractivity contribution in [3.8, 4) is 0 Å². The lowest BCUT2D eigenvalue weighted by Crippen LogP contribution is -2.27. The van der Waals surface area contributed by atoms with Crippen LogP contribution < -0.4 is 5.73 Å². The van der Waals surface area contributed by atoms with Crippen LogP contribution >= 0.6 is 0 Å². The van der Waals surface area contributed by atoms with Gasteiger partial charge in [0.1, 0.15) is 0 Å². The van der Waals surface area contributed by atoms with Crippen LogP contribution in [0.15, 0.2) is 4.52 Å². The molecular weight excluding hydrogens is 202 g/mol. The number of hydrogen-bond acceptors (Lipinski definition) is 4. The molecule has 0 saturated heterocycles. The summed E-state index contributed by atoms with van der Waals surface area (Å²) in [5.41, 5.74) is 6.02. The molecule has 2 N–H and O–H groups in total. The van der Waals surface area contributed by atoms with Crippen LogP contribution in [-0.2, 0) is 6.42 Å². The molecule has 0 amide bonds. The highest BCUT2D eigenvalue weighted by molar-refractivity contribution is 4.98. The van der Waals surface area contributed by atoms with Crippen molar-refractivity contribution in [3.05, 3.63) is 11.7 Å². The summed E-state index contributed by atoms with van der Waals surface area (Å²) in [7, 11) is 0. The van der Waals surface area contributed by atoms with Gasteiger partial charge in [0.15, 0.2) is 5.82 Å². The Kier molecular flexibility index (Phi) is 4.08. The molecule has 1 aromatic heterocycles. The lowest BCUT2D eigenvalue weighted by atomic mass is 9.87. The predicted octanol–water partition coefficient (Wildman–Crippen LogP) is 2.70. The molecule has 4 nitrogen and oxygen atoms in total. The second kappa shape index (κ2) is 4.95. The summed E-state index contributed by atoms with van der Waals surface area (Å²) >= 11 is 0. The van der Waals surface area contributed by atoms with Gasteiger partial charge < -0.3 is 10.3 Å². The quantitative estimate of drug-likeness (QED) is 0.855. The molecule has 2 atom stereocenters. The van der Waals surface area contributed by atoms with Crippen LogP contribution in [0, 0.1) is 11.3 Å². The Bertz CT molecular complexity index is 327. The van der Waals surface area contributed by atoms with Crippen LogP contribution in [0.1, 0.15) is 58.8 Å². The fourth-order valence-corrected chi connectivity index (χ4v) is 1.31. The highest BCUT2D eigenvalue weighted by atomic mass is 16.5. The van der Waals surface area contributed by atoms with Gasteiger partial charge >= 0.3 is 0 Å². The van der Waals surface area contributed by atoms with Crippen molar-refractivity contribution in [2.24, 2.45) is 17.1 Å². The summed E-state index contributed by atoms with van der Waals surface area (Å²) in [4.78, 5) is 4.36. The lowest BCUT2D eigenvalue weighted by molar-refractivity contribution is 0.298. The Labute approximate surface area is 97.6 Å². The highest BCUT2D eigenvalue weighted by Gasteiger charge is 2.26. The summed E-state index contributed by atoms with van der Waals surface area (Å²) in [6, 6.07) is -0.179. The van der Waals surface area contributed by atoms with E-state index in [9.17, 15) is 0 Å². The van der Waals surface area contributed by atoms with E-state index in [1.165, 1.54) is 0 Å². The monoisotopic (exact) mass is 225 g/mol. The first-order chi connectivity index (χ1) is 7.34. The second-order valence-electron chi connectivity index (χ2n) is 5.61. The van der Waals surface area contributed by atoms with Gasteiger partial charge in [0.25, 0.3) is 0 Å². The molecule has 0 aliphatic carbocycles. The third-order valence-corrected chi connectivity index (χ3v) is 2.91. The van der Waals surface area contributed by atoms with Crippen molar-refractivity contribution in [2.45, 2.75) is 53.5 Å². The first-order valence-electron chi connectivity index (χ1n) is 5.92. The Morgan fingerprint density at radius 2 is 2.00 bits per heavy atom. The Hall–Kier alpha value is -0.900. The van der Waals surface area contributed by atoms with Crippen molar-refractivity contribution in [1.82, 2.24) is 10.1 Å². The Balaban J connectivity index is 2.71. The van der Waals surface area contributed by atoms with Crippen molar-refractivity contribution >= 4 is 0 Å². The summed E-state index contributed by atoms with van der Waals surface area (Å²) in [5, 5.41) is 3.96. The molecular formula is C12H23N3O. The molecule has 0 saturated carbocycles. The largest absolute Gasteiger partial charge is 0.339 e. The van der Waals surface area contributed by atoms with Crippen LogP contribution in [0.25, 0.3) is 0 Å². The maximum Gasteiger partial charge on any atom is 0.226 e. The third-order valence-electron chi connectivity index (χ3n) is 2.91. The maximum atomic E-state index is 6.06. The zero-order valence-electron chi connectivity index (χ0n) is 10.9. The molecule has 0 aromatic carbocycles. The highest BCUT2D eigenvalue weighted by Crippen LogP contribution is 2.28. The molecule has 16 heavy (non-hydrogen) atoms. The first-order valence-corrected chi connectivity index (χ1v) is 5.92. The van der Waals surface area contributed by atoms with E-state index < -0.39 is 0 Å². The molecule has 1 rings (SSSR count). The van der Waals surface area contributed by atoms with Gasteiger partial charge in [0.05, 0.1) is 6.04 Å². The van der Waals surface area contributed by atoms with E-state index in [-0.39, 0.29) is 11.5 Å². The van der Waals surface area contributed by atoms with Gasteiger partial charge in [0.2, 0.25) is 5.89 Å². The zero-order chi connectivity index (χ0) is 12.3. The van der Waals surface area contributed by atoms with Crippen molar-refractivity contribution < 1.29 is 4.52 Å². The van der Waals surface area contributed by atoms with E-state index >= 15 is 0 Å². The van der Waals surface area contributed by atoms with Crippen LogP contribution in [0.3, 0.4) is 0 Å². The topological polar surface area (TPSA) is 64.9 Å². The molecule has 0 bridgehead atoms. The van der Waals surface area contributed by atoms with Crippen LogP contribution in [0.2, 0.25) is 0 Å². The van der Waals surface area contributed by atoms with Crippen molar-refractivity contribution in [1.29, 1.82) is 0 Å². The Morgan fingerprint density at radius 3 is 2.50 bits per heavy atom. The molecule has 0 fully saturated rings. The SMILES string of the molecule is CCC(C)Cc1nc(C(N)C(C)(C)C)no1. The van der Waals surface area contributed by atoms with Crippen molar-refractivity contribution in [3.63, 3.8) is 0 Å². The van der Waals surface area contributed by atoms with Gasteiger partial charge in [-0.15, -0.1) is 0 Å². The average Bonchev–Trinajstić information content (AvgIpc) is 2.63. The number of hydrogen-bond donors (Lipinski definition) is 1. The summed E-state index contributed by atoms with van der Waals surface area (Å²) in [5.74, 6) is 1.88. The third kappa shape index (κ3) is 3.30. The minimum absolute atomic E-state index is 0.0441. The zero-order valence-corrected chi connectivity index (χ0v) is 10.9. The second-order valence-corrected chi connectivity index (χ2v) is 5.61. The van der Waals surface area contributed by atoms with Gasteiger partial charge in [-0.3, -0.25) is 0 Å². The fourth-order valence-electron chi connectivity index (χ4n) is 1.31. The van der Waals surface area contributed by atoms with Gasteiger partial charge in [-0.25, -0.2) is 0 Å². The van der Waals surface area contributed by atoms with Gasteiger partial charge in [-0.1, -0.05) is 46.2 Å². The van der Waals surface area contributed by atoms with Crippen molar-refractivity contribution in [2.75, 3.05) is 0 Å². The number of rotatable bonds is 4. The van der Waals surface area contributed by atoms with E-state index in [0.717, 1.165) is 12.8 Å². The normalized spacial score (nSPS) is 16.1. The molecule has 0 aliphatic rings. The summed E-state index contributed by atoms with van der Waals surface area (Å²) < 4.78 is 5.21. The smallest absolute Gasteiger partial charge is 0.226 e. The lowest BCUT2D eigenvalue weighted by Gasteiger charge is -2.23. The number of aromatic nitrogens is 2. The minimum atomic E-state index is -0.179. The molecule has 92 valence electrons. The van der Waals surface area contributed by atoms with Gasteiger partial charge in [0, 0.05) is 6.42 Å². The van der Waals surface area contributed by atoms with Crippen LogP contribution in [-0.4, -0.2) is 10.1 Å². The van der Waals surface area contributed by atoms with Gasteiger partial charge in [-0.05, 0) is 11.3 Å². The standard InChI is InChI=1S/C12H23N3O/c1-6-8(2)7-9-14-11(15-16-9)10(13)12(3,4)5/h8,10H,6-7,13H2,1-5H3. The summed E-state index contributed by atoms with van der Waals surface area (Å²) in [6.07, 6.45) is 1.95. The molecule has 4 heteroatoms. The first kappa shape index (κ1) is 13.2. The van der Waals surface area contributed by atoms with E-state index in [1.54, 1.807) is 0 Å². The predicted molar refractivity (Wildman–Crippen MR) is 63.8 cm³/mol. The molecule has 1 aromatic rings. The summed E-state index contributed by atoms with van der Waals surface area (Å²) in [6.45, 7) is 10.5. The van der Waals surface area contributed by atoms with Crippen LogP contribution in [0.5, 0.6) is 0 Å². The number of nitrogens with two attached hydrogens (primary N) is 1. The average molecular weight is 225 g/mol. The van der Waals surface area contributed by atoms with Gasteiger partial charge in [-0.2, -0.15) is 4.98 Å². The van der Waals surface area contributed by atoms with E-state index in [2.05, 4.69) is 44.8 Å². The minimum Gasteiger partial charge on any atom is -0.339 e. The van der Waals surface area contributed by atoms with E-state index in [4.69, 9.17) is 10.3 Å². The molecule has 0 aliphatic heterocycles. The fraction of sp³-hybridized carbons (Fsp3) is 0.833.